The van der Waals surface area contributed by atoms with E-state index in [-0.39, 0.29) is 17.3 Å². The van der Waals surface area contributed by atoms with E-state index in [0.29, 0.717) is 11.3 Å². The second-order valence-electron chi connectivity index (χ2n) is 3.77. The van der Waals surface area contributed by atoms with E-state index in [4.69, 9.17) is 22.7 Å². The smallest absolute Gasteiger partial charge is 0.129 e. The molecule has 0 saturated heterocycles. The summed E-state index contributed by atoms with van der Waals surface area (Å²) in [4.78, 5) is 4.17. The van der Waals surface area contributed by atoms with Gasteiger partial charge in [-0.3, -0.25) is 4.98 Å². The van der Waals surface area contributed by atoms with Crippen LogP contribution >= 0.6 is 12.2 Å². The van der Waals surface area contributed by atoms with E-state index >= 15 is 0 Å². The third-order valence-electron chi connectivity index (χ3n) is 2.36. The number of nitrogens with two attached hydrogens (primary N) is 1. The van der Waals surface area contributed by atoms with Gasteiger partial charge in [0.15, 0.2) is 0 Å². The number of benzene rings is 1. The van der Waals surface area contributed by atoms with Crippen LogP contribution < -0.4 is 10.5 Å². The van der Waals surface area contributed by atoms with Crippen molar-refractivity contribution < 1.29 is 13.5 Å². The van der Waals surface area contributed by atoms with Crippen LogP contribution in [0, 0.1) is 11.6 Å². The molecule has 0 aliphatic carbocycles. The molecular weight excluding hydrogens is 270 g/mol. The maximum atomic E-state index is 13.0. The van der Waals surface area contributed by atoms with Gasteiger partial charge in [-0.05, 0) is 6.07 Å². The summed E-state index contributed by atoms with van der Waals surface area (Å²) in [6.07, 6.45) is 1.56. The van der Waals surface area contributed by atoms with Crippen molar-refractivity contribution in [2.75, 3.05) is 0 Å². The second-order valence-corrected chi connectivity index (χ2v) is 4.21. The average molecular weight is 280 g/mol. The molecule has 0 unspecified atom stereocenters. The van der Waals surface area contributed by atoms with Crippen LogP contribution in [0.4, 0.5) is 8.78 Å². The molecule has 19 heavy (non-hydrogen) atoms. The predicted molar refractivity (Wildman–Crippen MR) is 70.8 cm³/mol. The number of aromatic nitrogens is 1. The molecule has 6 heteroatoms. The zero-order valence-corrected chi connectivity index (χ0v) is 10.6. The summed E-state index contributed by atoms with van der Waals surface area (Å²) in [5, 5.41) is 0. The van der Waals surface area contributed by atoms with Gasteiger partial charge < -0.3 is 10.5 Å². The third-order valence-corrected chi connectivity index (χ3v) is 2.55. The molecule has 1 aromatic heterocycles. The predicted octanol–water partition coefficient (Wildman–Crippen LogP) is 2.57. The van der Waals surface area contributed by atoms with Crippen molar-refractivity contribution >= 4 is 17.2 Å². The first-order valence-corrected chi connectivity index (χ1v) is 5.79. The fourth-order valence-electron chi connectivity index (χ4n) is 1.55. The van der Waals surface area contributed by atoms with Crippen LogP contribution in [0.3, 0.4) is 0 Å². The maximum Gasteiger partial charge on any atom is 0.129 e. The molecule has 3 nitrogen and oxygen atoms in total. The van der Waals surface area contributed by atoms with E-state index in [1.807, 2.05) is 0 Å². The first kappa shape index (κ1) is 13.4. The number of hydrogen-bond acceptors (Lipinski definition) is 3. The van der Waals surface area contributed by atoms with Crippen LogP contribution in [-0.4, -0.2) is 9.97 Å². The number of ether oxygens (including phenoxy) is 1. The fraction of sp³-hybridized carbons (Fsp3) is 0.0769. The first-order chi connectivity index (χ1) is 9.06. The molecule has 0 bridgehead atoms. The monoisotopic (exact) mass is 280 g/mol. The summed E-state index contributed by atoms with van der Waals surface area (Å²) in [5.41, 5.74) is 6.62. The molecule has 98 valence electrons. The van der Waals surface area contributed by atoms with E-state index in [0.717, 1.165) is 18.2 Å². The molecular formula is C13H10F2N2OS. The van der Waals surface area contributed by atoms with Crippen molar-refractivity contribution in [3.63, 3.8) is 0 Å². The topological polar surface area (TPSA) is 48.1 Å². The summed E-state index contributed by atoms with van der Waals surface area (Å²) in [6.45, 7) is 0.0728. The first-order valence-electron chi connectivity index (χ1n) is 5.39. The zero-order valence-electron chi connectivity index (χ0n) is 9.77. The lowest BCUT2D eigenvalue weighted by atomic mass is 10.2. The molecule has 0 saturated carbocycles. The van der Waals surface area contributed by atoms with Gasteiger partial charge in [-0.1, -0.05) is 18.3 Å². The van der Waals surface area contributed by atoms with Gasteiger partial charge in [0.2, 0.25) is 0 Å². The molecule has 1 aromatic carbocycles. The standard InChI is InChI=1S/C13H10F2N2OS/c14-9-4-10(15)6-11(5-9)18-7-8-2-1-3-17-12(8)13(16)19/h1-6H,7H2,(H2,16,19). The summed E-state index contributed by atoms with van der Waals surface area (Å²) in [6, 6.07) is 6.40. The Balaban J connectivity index is 2.16. The molecule has 2 rings (SSSR count). The summed E-state index contributed by atoms with van der Waals surface area (Å²) < 4.78 is 31.3. The molecule has 2 aromatic rings. The average Bonchev–Trinajstić information content (AvgIpc) is 2.35. The van der Waals surface area contributed by atoms with Crippen LogP contribution in [0.15, 0.2) is 36.5 Å². The minimum atomic E-state index is -0.698. The highest BCUT2D eigenvalue weighted by Crippen LogP contribution is 2.17. The Morgan fingerprint density at radius 2 is 1.95 bits per heavy atom. The Morgan fingerprint density at radius 3 is 2.58 bits per heavy atom. The largest absolute Gasteiger partial charge is 0.489 e. The SMILES string of the molecule is NC(=S)c1ncccc1COc1cc(F)cc(F)c1. The lowest BCUT2D eigenvalue weighted by molar-refractivity contribution is 0.302. The second kappa shape index (κ2) is 5.71. The highest BCUT2D eigenvalue weighted by Gasteiger charge is 2.08. The number of nitrogens with zero attached hydrogens (tertiary/aromatic N) is 1. The maximum absolute atomic E-state index is 13.0. The molecule has 0 fully saturated rings. The summed E-state index contributed by atoms with van der Waals surface area (Å²) in [7, 11) is 0. The normalized spacial score (nSPS) is 10.2. The number of thiocarbonyl (C=S) groups is 1. The number of rotatable bonds is 4. The lowest BCUT2D eigenvalue weighted by Gasteiger charge is -2.09. The Bertz CT molecular complexity index is 599. The van der Waals surface area contributed by atoms with Crippen LogP contribution in [0.25, 0.3) is 0 Å². The van der Waals surface area contributed by atoms with Gasteiger partial charge in [0.25, 0.3) is 0 Å². The molecule has 2 N–H and O–H groups in total. The van der Waals surface area contributed by atoms with Crippen LogP contribution in [0.2, 0.25) is 0 Å². The molecule has 0 amide bonds. The van der Waals surface area contributed by atoms with E-state index < -0.39 is 11.6 Å². The van der Waals surface area contributed by atoms with Crippen molar-refractivity contribution in [3.05, 3.63) is 59.4 Å². The summed E-state index contributed by atoms with van der Waals surface area (Å²) >= 11 is 4.86. The van der Waals surface area contributed by atoms with Gasteiger partial charge in [0.1, 0.15) is 34.7 Å². The van der Waals surface area contributed by atoms with Gasteiger partial charge in [-0.25, -0.2) is 8.78 Å². The Morgan fingerprint density at radius 1 is 1.26 bits per heavy atom. The minimum Gasteiger partial charge on any atom is -0.489 e. The Kier molecular flexibility index (Phi) is 4.01. The Labute approximate surface area is 114 Å². The van der Waals surface area contributed by atoms with Crippen LogP contribution in [-0.2, 0) is 6.61 Å². The highest BCUT2D eigenvalue weighted by atomic mass is 32.1. The lowest BCUT2D eigenvalue weighted by Crippen LogP contribution is -2.15. The number of hydrogen-bond donors (Lipinski definition) is 1. The van der Waals surface area contributed by atoms with Gasteiger partial charge in [0.05, 0.1) is 0 Å². The fourth-order valence-corrected chi connectivity index (χ4v) is 1.73. The van der Waals surface area contributed by atoms with Crippen molar-refractivity contribution in [1.82, 2.24) is 4.98 Å². The van der Waals surface area contributed by atoms with Gasteiger partial charge in [-0.15, -0.1) is 0 Å². The number of halogens is 2. The van der Waals surface area contributed by atoms with Gasteiger partial charge in [-0.2, -0.15) is 0 Å². The van der Waals surface area contributed by atoms with Gasteiger partial charge >= 0.3 is 0 Å². The highest BCUT2D eigenvalue weighted by molar-refractivity contribution is 7.80. The van der Waals surface area contributed by atoms with E-state index in [9.17, 15) is 8.78 Å². The summed E-state index contributed by atoms with van der Waals surface area (Å²) in [5.74, 6) is -1.30. The number of pyridine rings is 1. The van der Waals surface area contributed by atoms with Crippen LogP contribution in [0.1, 0.15) is 11.3 Å². The van der Waals surface area contributed by atoms with Crippen molar-refractivity contribution in [2.45, 2.75) is 6.61 Å². The molecule has 0 aliphatic heterocycles. The minimum absolute atomic E-state index is 0.0728. The molecule has 0 aliphatic rings. The quantitative estimate of drug-likeness (QED) is 0.874. The third kappa shape index (κ3) is 3.45. The molecule has 1 heterocycles. The van der Waals surface area contributed by atoms with Gasteiger partial charge in [0, 0.05) is 30.0 Å². The van der Waals surface area contributed by atoms with Crippen molar-refractivity contribution in [2.24, 2.45) is 5.73 Å². The van der Waals surface area contributed by atoms with E-state index in [2.05, 4.69) is 4.98 Å². The van der Waals surface area contributed by atoms with Crippen molar-refractivity contribution in [1.29, 1.82) is 0 Å². The molecule has 0 radical (unpaired) electrons. The van der Waals surface area contributed by atoms with E-state index in [1.54, 1.807) is 18.3 Å². The molecule has 0 atom stereocenters. The molecule has 0 spiro atoms. The Hall–Kier alpha value is -2.08. The van der Waals surface area contributed by atoms with Crippen molar-refractivity contribution in [3.8, 4) is 5.75 Å². The van der Waals surface area contributed by atoms with Crippen LogP contribution in [0.5, 0.6) is 5.75 Å². The zero-order chi connectivity index (χ0) is 13.8. The van der Waals surface area contributed by atoms with E-state index in [1.165, 1.54) is 0 Å².